The molecule has 0 saturated carbocycles. The number of nitrogens with one attached hydrogen (secondary N) is 1. The average molecular weight is 251 g/mol. The van der Waals surface area contributed by atoms with Gasteiger partial charge in [0.05, 0.1) is 0 Å². The van der Waals surface area contributed by atoms with E-state index in [4.69, 9.17) is 0 Å². The summed E-state index contributed by atoms with van der Waals surface area (Å²) < 4.78 is 1.13. The molecule has 3 heteroatoms. The number of nitrogens with zero attached hydrogens (tertiary/aromatic N) is 1. The van der Waals surface area contributed by atoms with Crippen LogP contribution < -0.4 is 0 Å². The zero-order valence-electron chi connectivity index (χ0n) is 8.13. The molecule has 1 aromatic heterocycles. The van der Waals surface area contributed by atoms with E-state index < -0.39 is 0 Å². The van der Waals surface area contributed by atoms with E-state index in [0.29, 0.717) is 0 Å². The second-order valence-electron chi connectivity index (χ2n) is 3.38. The molecule has 0 bridgehead atoms. The molecule has 1 heterocycles. The fourth-order valence-corrected chi connectivity index (χ4v) is 1.60. The second kappa shape index (κ2) is 3.58. The van der Waals surface area contributed by atoms with Gasteiger partial charge < -0.3 is 4.98 Å². The standard InChI is InChI=1S/C11H11BrN2/c1-7-5-9(3-4-10(7)12)11-13-6-8(2)14-11/h3-6H,1-2H3,(H,13,14). The van der Waals surface area contributed by atoms with E-state index in [1.807, 2.05) is 19.2 Å². The molecule has 72 valence electrons. The van der Waals surface area contributed by atoms with Crippen LogP contribution in [0.15, 0.2) is 28.9 Å². The minimum Gasteiger partial charge on any atom is -0.342 e. The maximum absolute atomic E-state index is 4.29. The molecule has 0 unspecified atom stereocenters. The van der Waals surface area contributed by atoms with Gasteiger partial charge in [0.2, 0.25) is 0 Å². The van der Waals surface area contributed by atoms with Crippen LogP contribution in [0.25, 0.3) is 11.4 Å². The molecule has 2 nitrogen and oxygen atoms in total. The SMILES string of the molecule is Cc1cnc(-c2ccc(Br)c(C)c2)[nH]1. The fraction of sp³-hybridized carbons (Fsp3) is 0.182. The second-order valence-corrected chi connectivity index (χ2v) is 4.23. The summed E-state index contributed by atoms with van der Waals surface area (Å²) in [4.78, 5) is 7.50. The summed E-state index contributed by atoms with van der Waals surface area (Å²) in [5.41, 5.74) is 3.43. The summed E-state index contributed by atoms with van der Waals surface area (Å²) in [5.74, 6) is 0.929. The van der Waals surface area contributed by atoms with Gasteiger partial charge in [0.15, 0.2) is 0 Å². The van der Waals surface area contributed by atoms with E-state index in [2.05, 4.69) is 45.0 Å². The molecule has 0 aliphatic carbocycles. The van der Waals surface area contributed by atoms with Crippen molar-refractivity contribution in [2.45, 2.75) is 13.8 Å². The lowest BCUT2D eigenvalue weighted by atomic mass is 10.1. The highest BCUT2D eigenvalue weighted by atomic mass is 79.9. The molecule has 14 heavy (non-hydrogen) atoms. The van der Waals surface area contributed by atoms with Gasteiger partial charge in [0.25, 0.3) is 0 Å². The number of H-pyrrole nitrogens is 1. The number of hydrogen-bond donors (Lipinski definition) is 1. The average Bonchev–Trinajstić information content (AvgIpc) is 2.57. The normalized spacial score (nSPS) is 10.5. The minimum atomic E-state index is 0.929. The topological polar surface area (TPSA) is 28.7 Å². The summed E-state index contributed by atoms with van der Waals surface area (Å²) in [6.07, 6.45) is 1.84. The molecule has 0 fully saturated rings. The van der Waals surface area contributed by atoms with Crippen LogP contribution in [0.3, 0.4) is 0 Å². The molecule has 0 amide bonds. The quantitative estimate of drug-likeness (QED) is 0.826. The van der Waals surface area contributed by atoms with Crippen molar-refractivity contribution in [3.8, 4) is 11.4 Å². The first-order chi connectivity index (χ1) is 6.66. The number of imidazole rings is 1. The Hall–Kier alpha value is -1.09. The van der Waals surface area contributed by atoms with Crippen molar-refractivity contribution in [3.63, 3.8) is 0 Å². The highest BCUT2D eigenvalue weighted by molar-refractivity contribution is 9.10. The summed E-state index contributed by atoms with van der Waals surface area (Å²) >= 11 is 3.48. The molecular formula is C11H11BrN2. The molecule has 1 N–H and O–H groups in total. The maximum Gasteiger partial charge on any atom is 0.137 e. The molecule has 2 rings (SSSR count). The van der Waals surface area contributed by atoms with Crippen molar-refractivity contribution in [2.75, 3.05) is 0 Å². The number of halogens is 1. The summed E-state index contributed by atoms with van der Waals surface area (Å²) in [5, 5.41) is 0. The molecule has 0 spiro atoms. The Balaban J connectivity index is 2.47. The van der Waals surface area contributed by atoms with Gasteiger partial charge in [-0.1, -0.05) is 22.0 Å². The summed E-state index contributed by atoms with van der Waals surface area (Å²) in [6, 6.07) is 6.21. The van der Waals surface area contributed by atoms with Crippen LogP contribution in [-0.2, 0) is 0 Å². The number of aromatic nitrogens is 2. The van der Waals surface area contributed by atoms with E-state index in [9.17, 15) is 0 Å². The van der Waals surface area contributed by atoms with Gasteiger partial charge in [0, 0.05) is 21.9 Å². The zero-order chi connectivity index (χ0) is 10.1. The molecule has 0 aliphatic heterocycles. The molecule has 0 atom stereocenters. The van der Waals surface area contributed by atoms with Crippen LogP contribution in [-0.4, -0.2) is 9.97 Å². The van der Waals surface area contributed by atoms with Gasteiger partial charge in [-0.2, -0.15) is 0 Å². The van der Waals surface area contributed by atoms with Crippen molar-refractivity contribution in [2.24, 2.45) is 0 Å². The lowest BCUT2D eigenvalue weighted by Gasteiger charge is -2.00. The zero-order valence-corrected chi connectivity index (χ0v) is 9.72. The van der Waals surface area contributed by atoms with Crippen LogP contribution in [0.2, 0.25) is 0 Å². The Bertz CT molecular complexity index is 460. The maximum atomic E-state index is 4.29. The molecule has 0 saturated heterocycles. The molecule has 2 aromatic rings. The number of aromatic amines is 1. The Kier molecular flexibility index (Phi) is 2.42. The first-order valence-electron chi connectivity index (χ1n) is 4.45. The number of benzene rings is 1. The fourth-order valence-electron chi connectivity index (χ4n) is 1.35. The number of rotatable bonds is 1. The Morgan fingerprint density at radius 1 is 1.29 bits per heavy atom. The summed E-state index contributed by atoms with van der Waals surface area (Å²) in [6.45, 7) is 4.07. The largest absolute Gasteiger partial charge is 0.342 e. The van der Waals surface area contributed by atoms with Crippen LogP contribution in [0.5, 0.6) is 0 Å². The Morgan fingerprint density at radius 2 is 2.07 bits per heavy atom. The lowest BCUT2D eigenvalue weighted by Crippen LogP contribution is -1.83. The van der Waals surface area contributed by atoms with E-state index in [-0.39, 0.29) is 0 Å². The Labute approximate surface area is 91.5 Å². The molecule has 0 aliphatic rings. The minimum absolute atomic E-state index is 0.929. The van der Waals surface area contributed by atoms with Gasteiger partial charge in [-0.05, 0) is 31.5 Å². The van der Waals surface area contributed by atoms with E-state index in [0.717, 1.165) is 21.6 Å². The highest BCUT2D eigenvalue weighted by Crippen LogP contribution is 2.22. The van der Waals surface area contributed by atoms with Crippen LogP contribution in [0.4, 0.5) is 0 Å². The molecule has 0 radical (unpaired) electrons. The van der Waals surface area contributed by atoms with Crippen molar-refractivity contribution >= 4 is 15.9 Å². The third-order valence-electron chi connectivity index (χ3n) is 2.13. The van der Waals surface area contributed by atoms with E-state index in [1.165, 1.54) is 5.56 Å². The predicted octanol–water partition coefficient (Wildman–Crippen LogP) is 3.46. The van der Waals surface area contributed by atoms with Gasteiger partial charge in [0.1, 0.15) is 5.82 Å². The van der Waals surface area contributed by atoms with Gasteiger partial charge >= 0.3 is 0 Å². The van der Waals surface area contributed by atoms with Crippen molar-refractivity contribution in [3.05, 3.63) is 40.1 Å². The first-order valence-corrected chi connectivity index (χ1v) is 5.24. The monoisotopic (exact) mass is 250 g/mol. The van der Waals surface area contributed by atoms with Gasteiger partial charge in [-0.3, -0.25) is 0 Å². The van der Waals surface area contributed by atoms with Crippen LogP contribution in [0, 0.1) is 13.8 Å². The first kappa shape index (κ1) is 9.46. The van der Waals surface area contributed by atoms with Crippen molar-refractivity contribution < 1.29 is 0 Å². The number of aryl methyl sites for hydroxylation is 2. The lowest BCUT2D eigenvalue weighted by molar-refractivity contribution is 1.25. The highest BCUT2D eigenvalue weighted by Gasteiger charge is 2.02. The molecule has 1 aromatic carbocycles. The predicted molar refractivity (Wildman–Crippen MR) is 61.2 cm³/mol. The van der Waals surface area contributed by atoms with Crippen LogP contribution in [0.1, 0.15) is 11.3 Å². The van der Waals surface area contributed by atoms with E-state index in [1.54, 1.807) is 0 Å². The van der Waals surface area contributed by atoms with Gasteiger partial charge in [-0.15, -0.1) is 0 Å². The third kappa shape index (κ3) is 1.73. The summed E-state index contributed by atoms with van der Waals surface area (Å²) in [7, 11) is 0. The van der Waals surface area contributed by atoms with Crippen molar-refractivity contribution in [1.29, 1.82) is 0 Å². The van der Waals surface area contributed by atoms with Gasteiger partial charge in [-0.25, -0.2) is 4.98 Å². The van der Waals surface area contributed by atoms with Crippen LogP contribution >= 0.6 is 15.9 Å². The Morgan fingerprint density at radius 3 is 2.64 bits per heavy atom. The number of hydrogen-bond acceptors (Lipinski definition) is 1. The molecular weight excluding hydrogens is 240 g/mol. The third-order valence-corrected chi connectivity index (χ3v) is 3.02. The van der Waals surface area contributed by atoms with Crippen molar-refractivity contribution in [1.82, 2.24) is 9.97 Å². The smallest absolute Gasteiger partial charge is 0.137 e. The van der Waals surface area contributed by atoms with E-state index >= 15 is 0 Å².